The van der Waals surface area contributed by atoms with Gasteiger partial charge in [-0.2, -0.15) is 0 Å². The topological polar surface area (TPSA) is 55.1 Å². The number of primary amides is 1. The van der Waals surface area contributed by atoms with Gasteiger partial charge in [-0.05, 0) is 41.8 Å². The molecule has 1 amide bonds. The van der Waals surface area contributed by atoms with Gasteiger partial charge in [-0.15, -0.1) is 0 Å². The number of hydrogen-bond acceptors (Lipinski definition) is 2. The molecule has 3 nitrogen and oxygen atoms in total. The third-order valence-electron chi connectivity index (χ3n) is 3.16. The molecule has 2 rings (SSSR count). The fraction of sp³-hybridized carbons (Fsp3) is 0.188. The van der Waals surface area contributed by atoms with Crippen molar-refractivity contribution in [3.8, 4) is 0 Å². The normalized spacial score (nSPS) is 12.1. The molecule has 0 saturated carbocycles. The molecule has 1 atom stereocenters. The first kappa shape index (κ1) is 15.1. The monoisotopic (exact) mass is 290 g/mol. The number of hydrogen-bond donors (Lipinski definition) is 2. The minimum atomic E-state index is -0.675. The van der Waals surface area contributed by atoms with E-state index in [1.807, 2.05) is 0 Å². The Morgan fingerprint density at radius 3 is 2.05 bits per heavy atom. The number of benzene rings is 2. The smallest absolute Gasteiger partial charge is 0.239 e. The number of carbonyl (C=O) groups is 1. The Balaban J connectivity index is 1.96. The van der Waals surface area contributed by atoms with Crippen LogP contribution in [-0.2, 0) is 11.2 Å². The summed E-state index contributed by atoms with van der Waals surface area (Å²) in [6, 6.07) is 11.1. The molecule has 0 bridgehead atoms. The molecule has 0 aliphatic carbocycles. The highest BCUT2D eigenvalue weighted by Gasteiger charge is 2.16. The van der Waals surface area contributed by atoms with E-state index in [1.165, 1.54) is 36.4 Å². The van der Waals surface area contributed by atoms with E-state index in [-0.39, 0.29) is 11.6 Å². The third kappa shape index (κ3) is 4.36. The first-order valence-electron chi connectivity index (χ1n) is 6.59. The Morgan fingerprint density at radius 2 is 1.52 bits per heavy atom. The Hall–Kier alpha value is -2.27. The molecule has 0 aromatic heterocycles. The second-order valence-corrected chi connectivity index (χ2v) is 4.72. The van der Waals surface area contributed by atoms with Gasteiger partial charge < -0.3 is 11.1 Å². The van der Waals surface area contributed by atoms with Gasteiger partial charge in [0.1, 0.15) is 17.7 Å². The van der Waals surface area contributed by atoms with Crippen LogP contribution in [-0.4, -0.2) is 12.5 Å². The molecule has 0 heterocycles. The molecule has 0 aliphatic heterocycles. The van der Waals surface area contributed by atoms with Gasteiger partial charge in [-0.1, -0.05) is 24.3 Å². The van der Waals surface area contributed by atoms with Gasteiger partial charge in [0.05, 0.1) is 0 Å². The van der Waals surface area contributed by atoms with E-state index < -0.39 is 11.9 Å². The van der Waals surface area contributed by atoms with Crippen molar-refractivity contribution in [3.63, 3.8) is 0 Å². The number of nitrogens with one attached hydrogen (secondary N) is 1. The lowest BCUT2D eigenvalue weighted by Gasteiger charge is -2.16. The van der Waals surface area contributed by atoms with Crippen molar-refractivity contribution in [1.82, 2.24) is 5.32 Å². The summed E-state index contributed by atoms with van der Waals surface area (Å²) in [4.78, 5) is 11.5. The number of nitrogens with two attached hydrogens (primary N) is 1. The lowest BCUT2D eigenvalue weighted by Crippen LogP contribution is -2.34. The maximum atomic E-state index is 12.9. The first-order valence-corrected chi connectivity index (χ1v) is 6.59. The van der Waals surface area contributed by atoms with E-state index in [0.717, 1.165) is 5.56 Å². The van der Waals surface area contributed by atoms with Crippen LogP contribution in [0, 0.1) is 11.6 Å². The average molecular weight is 290 g/mol. The van der Waals surface area contributed by atoms with Gasteiger partial charge in [0.25, 0.3) is 0 Å². The molecular formula is C16H16F2N2O. The Morgan fingerprint density at radius 1 is 1.00 bits per heavy atom. The van der Waals surface area contributed by atoms with Crippen LogP contribution in [0.15, 0.2) is 48.5 Å². The number of rotatable bonds is 6. The largest absolute Gasteiger partial charge is 0.368 e. The number of amides is 1. The zero-order valence-electron chi connectivity index (χ0n) is 11.4. The highest BCUT2D eigenvalue weighted by molar-refractivity contribution is 5.81. The summed E-state index contributed by atoms with van der Waals surface area (Å²) in [5, 5.41) is 3.03. The molecule has 1 unspecified atom stereocenters. The Labute approximate surface area is 121 Å². The third-order valence-corrected chi connectivity index (χ3v) is 3.16. The summed E-state index contributed by atoms with van der Waals surface area (Å²) < 4.78 is 25.7. The first-order chi connectivity index (χ1) is 10.1. The molecule has 0 fully saturated rings. The van der Waals surface area contributed by atoms with Crippen molar-refractivity contribution in [2.75, 3.05) is 6.54 Å². The molecule has 2 aromatic rings. The Bertz CT molecular complexity index is 597. The summed E-state index contributed by atoms with van der Waals surface area (Å²) in [5.74, 6) is -1.18. The van der Waals surface area contributed by atoms with E-state index in [1.54, 1.807) is 12.1 Å². The van der Waals surface area contributed by atoms with Gasteiger partial charge in [-0.25, -0.2) is 8.78 Å². The summed E-state index contributed by atoms with van der Waals surface area (Å²) in [7, 11) is 0. The van der Waals surface area contributed by atoms with Crippen LogP contribution in [0.1, 0.15) is 17.2 Å². The highest BCUT2D eigenvalue weighted by Crippen LogP contribution is 2.13. The van der Waals surface area contributed by atoms with E-state index in [2.05, 4.69) is 5.32 Å². The molecule has 110 valence electrons. The van der Waals surface area contributed by atoms with Crippen molar-refractivity contribution in [1.29, 1.82) is 0 Å². The summed E-state index contributed by atoms with van der Waals surface area (Å²) in [6.07, 6.45) is 0.630. The van der Waals surface area contributed by atoms with Crippen LogP contribution in [0.25, 0.3) is 0 Å². The number of carbonyl (C=O) groups excluding carboxylic acids is 1. The maximum Gasteiger partial charge on any atom is 0.239 e. The van der Waals surface area contributed by atoms with E-state index in [9.17, 15) is 13.6 Å². The fourth-order valence-electron chi connectivity index (χ4n) is 2.05. The highest BCUT2D eigenvalue weighted by atomic mass is 19.1. The minimum absolute atomic E-state index is 0.284. The zero-order valence-corrected chi connectivity index (χ0v) is 11.4. The lowest BCUT2D eigenvalue weighted by atomic mass is 10.1. The van der Waals surface area contributed by atoms with Gasteiger partial charge in [-0.3, -0.25) is 4.79 Å². The molecule has 0 aliphatic rings. The quantitative estimate of drug-likeness (QED) is 0.858. The standard InChI is InChI=1S/C16H16F2N2O/c17-13-5-1-11(2-6-13)9-10-20-15(16(19)21)12-3-7-14(18)8-4-12/h1-8,15,20H,9-10H2,(H2,19,21). The van der Waals surface area contributed by atoms with E-state index in [4.69, 9.17) is 5.73 Å². The van der Waals surface area contributed by atoms with Crippen molar-refractivity contribution in [2.45, 2.75) is 12.5 Å². The van der Waals surface area contributed by atoms with Crippen LogP contribution in [0.3, 0.4) is 0 Å². The average Bonchev–Trinajstić information content (AvgIpc) is 2.46. The van der Waals surface area contributed by atoms with E-state index in [0.29, 0.717) is 18.5 Å². The molecular weight excluding hydrogens is 274 g/mol. The van der Waals surface area contributed by atoms with Crippen molar-refractivity contribution >= 4 is 5.91 Å². The van der Waals surface area contributed by atoms with Crippen LogP contribution >= 0.6 is 0 Å². The number of halogens is 2. The Kier molecular flexibility index (Phi) is 5.00. The fourth-order valence-corrected chi connectivity index (χ4v) is 2.05. The molecule has 3 N–H and O–H groups in total. The van der Waals surface area contributed by atoms with Crippen LogP contribution in [0.5, 0.6) is 0 Å². The molecule has 0 spiro atoms. The maximum absolute atomic E-state index is 12.9. The minimum Gasteiger partial charge on any atom is -0.368 e. The molecule has 0 saturated heterocycles. The van der Waals surface area contributed by atoms with Crippen molar-refractivity contribution < 1.29 is 13.6 Å². The van der Waals surface area contributed by atoms with Crippen molar-refractivity contribution in [3.05, 3.63) is 71.3 Å². The zero-order chi connectivity index (χ0) is 15.2. The molecule has 21 heavy (non-hydrogen) atoms. The second kappa shape index (κ2) is 6.95. The van der Waals surface area contributed by atoms with Gasteiger partial charge >= 0.3 is 0 Å². The van der Waals surface area contributed by atoms with Crippen LogP contribution < -0.4 is 11.1 Å². The predicted octanol–water partition coefficient (Wildman–Crippen LogP) is 2.32. The van der Waals surface area contributed by atoms with Gasteiger partial charge in [0, 0.05) is 6.54 Å². The van der Waals surface area contributed by atoms with E-state index >= 15 is 0 Å². The van der Waals surface area contributed by atoms with Gasteiger partial charge in [0.15, 0.2) is 0 Å². The van der Waals surface area contributed by atoms with Crippen LogP contribution in [0.2, 0.25) is 0 Å². The SMILES string of the molecule is NC(=O)C(NCCc1ccc(F)cc1)c1ccc(F)cc1. The summed E-state index contributed by atoms with van der Waals surface area (Å²) >= 11 is 0. The van der Waals surface area contributed by atoms with Gasteiger partial charge in [0.2, 0.25) is 5.91 Å². The lowest BCUT2D eigenvalue weighted by molar-refractivity contribution is -0.120. The summed E-state index contributed by atoms with van der Waals surface area (Å²) in [6.45, 7) is 0.497. The second-order valence-electron chi connectivity index (χ2n) is 4.72. The molecule has 2 aromatic carbocycles. The predicted molar refractivity (Wildman–Crippen MR) is 76.4 cm³/mol. The van der Waals surface area contributed by atoms with Crippen molar-refractivity contribution in [2.24, 2.45) is 5.73 Å². The summed E-state index contributed by atoms with van der Waals surface area (Å²) in [5.41, 5.74) is 6.93. The van der Waals surface area contributed by atoms with Crippen LogP contribution in [0.4, 0.5) is 8.78 Å². The molecule has 0 radical (unpaired) electrons. The molecule has 5 heteroatoms.